The van der Waals surface area contributed by atoms with Crippen LogP contribution in [0.4, 0.5) is 8.78 Å². The Morgan fingerprint density at radius 2 is 2.00 bits per heavy atom. The molecule has 0 fully saturated rings. The second kappa shape index (κ2) is 1.51. The van der Waals surface area contributed by atoms with Crippen molar-refractivity contribution in [1.29, 1.82) is 0 Å². The summed E-state index contributed by atoms with van der Waals surface area (Å²) in [6.45, 7) is -0.139. The van der Waals surface area contributed by atoms with Crippen LogP contribution < -0.4 is 5.73 Å². The molecule has 38 valence electrons. The summed E-state index contributed by atoms with van der Waals surface area (Å²) in [5.41, 5.74) is 4.49. The maximum Gasteiger partial charge on any atom is 0.184 e. The molecule has 0 aromatic rings. The number of hydrogen-bond acceptors (Lipinski definition) is 1. The van der Waals surface area contributed by atoms with E-state index in [-0.39, 0.29) is 0 Å². The Labute approximate surface area is 35.1 Å². The van der Waals surface area contributed by atoms with Gasteiger partial charge >= 0.3 is 0 Å². The minimum absolute atomic E-state index is 0.979. The predicted molar refractivity (Wildman–Crippen MR) is 19.7 cm³/mol. The molecule has 3 heteroatoms. The molecule has 0 amide bonds. The van der Waals surface area contributed by atoms with E-state index >= 15 is 0 Å². The predicted octanol–water partition coefficient (Wildman–Crippen LogP) is 0.600. The van der Waals surface area contributed by atoms with Crippen molar-refractivity contribution in [1.82, 2.24) is 0 Å². The third kappa shape index (κ3) is 3.82. The van der Waals surface area contributed by atoms with E-state index in [1.165, 1.54) is 0 Å². The smallest absolute Gasteiger partial charge is 0.184 e. The van der Waals surface area contributed by atoms with E-state index in [0.29, 0.717) is 0 Å². The van der Waals surface area contributed by atoms with Gasteiger partial charge in [0, 0.05) is 0 Å². The van der Waals surface area contributed by atoms with Gasteiger partial charge in [-0.1, -0.05) is 0 Å². The van der Waals surface area contributed by atoms with Gasteiger partial charge in [0.15, 0.2) is 5.79 Å². The quantitative estimate of drug-likeness (QED) is 0.474. The molecule has 0 aromatic heterocycles. The highest BCUT2D eigenvalue weighted by molar-refractivity contribution is 4.58. The average Bonchev–Trinajstić information content (AvgIpc) is 1.35. The third-order valence-electron chi connectivity index (χ3n) is 0.261. The van der Waals surface area contributed by atoms with Gasteiger partial charge in [-0.25, -0.2) is 8.78 Å². The van der Waals surface area contributed by atoms with Gasteiger partial charge in [-0.2, -0.15) is 0 Å². The Morgan fingerprint density at radius 1 is 1.83 bits per heavy atom. The monoisotopic (exact) mass is 95.1 g/mol. The second-order valence-corrected chi connectivity index (χ2v) is 1.41. The van der Waals surface area contributed by atoms with Gasteiger partial charge in [0.1, 0.15) is 6.67 Å². The first-order chi connectivity index (χ1) is 2.56. The Balaban J connectivity index is 3.17. The van der Waals surface area contributed by atoms with Crippen molar-refractivity contribution < 1.29 is 8.78 Å². The highest BCUT2D eigenvalue weighted by atomic mass is 19.2. The minimum Gasteiger partial charge on any atom is -0.297 e. The van der Waals surface area contributed by atoms with Crippen molar-refractivity contribution in [3.05, 3.63) is 0 Å². The molecule has 0 spiro atoms. The Morgan fingerprint density at radius 3 is 2.00 bits per heavy atom. The molecule has 1 atom stereocenters. The molecule has 0 bridgehead atoms. The van der Waals surface area contributed by atoms with E-state index in [1.54, 1.807) is 0 Å². The summed E-state index contributed by atoms with van der Waals surface area (Å²) < 4.78 is 22.5. The Kier molecular flexibility index (Phi) is 1.47. The highest BCUT2D eigenvalue weighted by Crippen LogP contribution is 1.98. The first-order valence-corrected chi connectivity index (χ1v) is 1.60. The van der Waals surface area contributed by atoms with Crippen LogP contribution in [-0.2, 0) is 0 Å². The molecule has 0 rings (SSSR count). The molecule has 0 aromatic carbocycles. The fourth-order valence-corrected chi connectivity index (χ4v) is 0. The third-order valence-corrected chi connectivity index (χ3v) is 0.261. The van der Waals surface area contributed by atoms with E-state index in [1.807, 2.05) is 0 Å². The summed E-state index contributed by atoms with van der Waals surface area (Å²) >= 11 is 0. The summed E-state index contributed by atoms with van der Waals surface area (Å²) in [5.74, 6) is -2.12. The van der Waals surface area contributed by atoms with Crippen LogP contribution in [0.2, 0.25) is 0 Å². The van der Waals surface area contributed by atoms with Gasteiger partial charge < -0.3 is 0 Å². The molecule has 6 heavy (non-hydrogen) atoms. The van der Waals surface area contributed by atoms with E-state index in [4.69, 9.17) is 0 Å². The van der Waals surface area contributed by atoms with E-state index in [0.717, 1.165) is 6.92 Å². The van der Waals surface area contributed by atoms with E-state index in [2.05, 4.69) is 5.73 Å². The molecule has 2 N–H and O–H groups in total. The zero-order valence-electron chi connectivity index (χ0n) is 3.54. The van der Waals surface area contributed by atoms with Gasteiger partial charge in [0.05, 0.1) is 0 Å². The highest BCUT2D eigenvalue weighted by Gasteiger charge is 2.13. The number of rotatable bonds is 1. The molecule has 0 saturated carbocycles. The lowest BCUT2D eigenvalue weighted by atomic mass is 10.4. The zero-order valence-corrected chi connectivity index (χ0v) is 3.54. The average molecular weight is 95.1 g/mol. The number of nitrogens with two attached hydrogens (primary N) is 1. The lowest BCUT2D eigenvalue weighted by molar-refractivity contribution is 0.150. The number of alkyl halides is 2. The van der Waals surface area contributed by atoms with Crippen molar-refractivity contribution >= 4 is 0 Å². The SMILES string of the molecule is CC(N)(F)CF. The Hall–Kier alpha value is -0.180. The minimum atomic E-state index is -2.12. The maximum absolute atomic E-state index is 11.5. The van der Waals surface area contributed by atoms with Crippen molar-refractivity contribution in [2.45, 2.75) is 12.7 Å². The molecule has 0 aliphatic carbocycles. The van der Waals surface area contributed by atoms with Crippen LogP contribution >= 0.6 is 0 Å². The molecule has 0 heterocycles. The molecular weight excluding hydrogens is 88.0 g/mol. The summed E-state index contributed by atoms with van der Waals surface area (Å²) in [7, 11) is 0. The fraction of sp³-hybridized carbons (Fsp3) is 1.00. The van der Waals surface area contributed by atoms with Gasteiger partial charge in [0.25, 0.3) is 0 Å². The zero-order chi connectivity index (χ0) is 5.21. The Bertz CT molecular complexity index is 38.5. The van der Waals surface area contributed by atoms with Gasteiger partial charge in [-0.15, -0.1) is 0 Å². The van der Waals surface area contributed by atoms with Gasteiger partial charge in [-0.05, 0) is 6.92 Å². The van der Waals surface area contributed by atoms with Crippen molar-refractivity contribution in [2.75, 3.05) is 6.67 Å². The molecule has 0 radical (unpaired) electrons. The van der Waals surface area contributed by atoms with Crippen LogP contribution in [0, 0.1) is 0 Å². The molecule has 1 unspecified atom stereocenters. The molecular formula is C3H7F2N. The summed E-state index contributed by atoms with van der Waals surface area (Å²) in [5, 5.41) is 0. The summed E-state index contributed by atoms with van der Waals surface area (Å²) in [6, 6.07) is 0. The van der Waals surface area contributed by atoms with Gasteiger partial charge in [-0.3, -0.25) is 5.73 Å². The summed E-state index contributed by atoms with van der Waals surface area (Å²) in [4.78, 5) is 0. The lowest BCUT2D eigenvalue weighted by Crippen LogP contribution is -2.32. The van der Waals surface area contributed by atoms with Crippen LogP contribution in [0.15, 0.2) is 0 Å². The van der Waals surface area contributed by atoms with Crippen molar-refractivity contribution in [2.24, 2.45) is 5.73 Å². The van der Waals surface area contributed by atoms with Gasteiger partial charge in [0.2, 0.25) is 0 Å². The fourth-order valence-electron chi connectivity index (χ4n) is 0. The molecule has 0 aliphatic rings. The molecule has 1 nitrogen and oxygen atoms in total. The first kappa shape index (κ1) is 5.82. The largest absolute Gasteiger partial charge is 0.297 e. The second-order valence-electron chi connectivity index (χ2n) is 1.41. The van der Waals surface area contributed by atoms with Crippen molar-refractivity contribution in [3.63, 3.8) is 0 Å². The van der Waals surface area contributed by atoms with E-state index in [9.17, 15) is 8.78 Å². The number of halogens is 2. The van der Waals surface area contributed by atoms with Crippen LogP contribution in [0.3, 0.4) is 0 Å². The van der Waals surface area contributed by atoms with Crippen LogP contribution in [0.25, 0.3) is 0 Å². The van der Waals surface area contributed by atoms with Crippen LogP contribution in [0.5, 0.6) is 0 Å². The lowest BCUT2D eigenvalue weighted by Gasteiger charge is -2.04. The normalized spacial score (nSPS) is 20.0. The number of hydrogen-bond donors (Lipinski definition) is 1. The van der Waals surface area contributed by atoms with E-state index < -0.39 is 12.5 Å². The van der Waals surface area contributed by atoms with Crippen LogP contribution in [0.1, 0.15) is 6.92 Å². The first-order valence-electron chi connectivity index (χ1n) is 1.60. The molecule has 0 aliphatic heterocycles. The standard InChI is InChI=1S/C3H7F2N/c1-3(5,6)2-4/h2,6H2,1H3. The topological polar surface area (TPSA) is 26.0 Å². The van der Waals surface area contributed by atoms with Crippen molar-refractivity contribution in [3.8, 4) is 0 Å². The van der Waals surface area contributed by atoms with Crippen LogP contribution in [-0.4, -0.2) is 12.5 Å². The maximum atomic E-state index is 11.5. The summed E-state index contributed by atoms with van der Waals surface area (Å²) in [6.07, 6.45) is 0. The molecule has 0 saturated heterocycles.